The van der Waals surface area contributed by atoms with Gasteiger partial charge in [0, 0.05) is 12.8 Å². The van der Waals surface area contributed by atoms with E-state index in [-0.39, 0.29) is 38.2 Å². The third-order valence-electron chi connectivity index (χ3n) is 15.1. The first kappa shape index (κ1) is 72.3. The summed E-state index contributed by atoms with van der Waals surface area (Å²) >= 11 is 0. The Morgan fingerprint density at radius 2 is 0.608 bits per heavy atom. The molecular weight excluding hydrogens is 923 g/mol. The maximum Gasteiger partial charge on any atom is 0.361 e. The number of ether oxygens (including phenoxy) is 4. The van der Waals surface area contributed by atoms with E-state index < -0.39 is 18.4 Å². The molecule has 0 heterocycles. The molecular formula is C65H128NO8+. The lowest BCUT2D eigenvalue weighted by atomic mass is 10.0. The van der Waals surface area contributed by atoms with Gasteiger partial charge in [-0.2, -0.15) is 0 Å². The van der Waals surface area contributed by atoms with Crippen molar-refractivity contribution in [1.82, 2.24) is 0 Å². The van der Waals surface area contributed by atoms with E-state index in [4.69, 9.17) is 18.9 Å². The Morgan fingerprint density at radius 1 is 0.351 bits per heavy atom. The monoisotopic (exact) mass is 1050 g/mol. The quantitative estimate of drug-likeness (QED) is 0.0278. The normalized spacial score (nSPS) is 12.6. The molecule has 0 aliphatic heterocycles. The molecule has 0 aromatic heterocycles. The number of carbonyl (C=O) groups is 3. The van der Waals surface area contributed by atoms with Crippen LogP contribution in [0.15, 0.2) is 0 Å². The van der Waals surface area contributed by atoms with Gasteiger partial charge in [0.25, 0.3) is 6.29 Å². The summed E-state index contributed by atoms with van der Waals surface area (Å²) in [6.45, 7) is 4.95. The second-order valence-electron chi connectivity index (χ2n) is 23.8. The average molecular weight is 1050 g/mol. The summed E-state index contributed by atoms with van der Waals surface area (Å²) in [4.78, 5) is 37.5. The van der Waals surface area contributed by atoms with Gasteiger partial charge in [0.1, 0.15) is 13.2 Å². The molecule has 0 aliphatic rings. The van der Waals surface area contributed by atoms with Crippen molar-refractivity contribution in [2.24, 2.45) is 0 Å². The van der Waals surface area contributed by atoms with Crippen molar-refractivity contribution in [2.75, 3.05) is 47.5 Å². The standard InChI is InChI=1S/C65H127NO8/c1-6-8-10-12-14-16-18-20-22-24-25-26-27-28-29-30-31-32-33-34-35-36-37-38-39-40-42-44-46-48-50-52-54-56-63(68)74-61(60-73-65(64(69)70)71-58-57-66(3,4)5)59-72-62(67)55-53-51-49-47-45-43-41-23-21-19-17-15-13-11-9-7-2/h61,65H,6-60H2,1-5H3/p+1. The number of nitrogens with zero attached hydrogens (tertiary/aromatic N) is 1. The SMILES string of the molecule is CCCCCCCCCCCCCCCCCCCCCCCCCCCCCCCCCCCC(=O)OC(COC(=O)CCCCCCCCCCCCCCCCCC)COC(OCC[N+](C)(C)C)C(=O)O. The fourth-order valence-corrected chi connectivity index (χ4v) is 10.1. The van der Waals surface area contributed by atoms with Gasteiger partial charge in [-0.3, -0.25) is 9.59 Å². The third kappa shape index (κ3) is 58.0. The molecule has 0 aliphatic carbocycles. The van der Waals surface area contributed by atoms with Gasteiger partial charge in [-0.05, 0) is 12.8 Å². The van der Waals surface area contributed by atoms with Gasteiger partial charge in [0.2, 0.25) is 0 Å². The van der Waals surface area contributed by atoms with Crippen LogP contribution >= 0.6 is 0 Å². The van der Waals surface area contributed by atoms with Gasteiger partial charge in [-0.1, -0.05) is 316 Å². The highest BCUT2D eigenvalue weighted by Crippen LogP contribution is 2.19. The van der Waals surface area contributed by atoms with Crippen LogP contribution < -0.4 is 0 Å². The van der Waals surface area contributed by atoms with Gasteiger partial charge in [0.15, 0.2) is 6.10 Å². The molecule has 0 saturated carbocycles. The Labute approximate surface area is 460 Å². The molecule has 1 N–H and O–H groups in total. The molecule has 9 nitrogen and oxygen atoms in total. The van der Waals surface area contributed by atoms with Gasteiger partial charge in [-0.15, -0.1) is 0 Å². The van der Waals surface area contributed by atoms with Crippen molar-refractivity contribution < 1.29 is 42.9 Å². The Bertz CT molecular complexity index is 1180. The first-order chi connectivity index (χ1) is 36.1. The molecule has 2 unspecified atom stereocenters. The highest BCUT2D eigenvalue weighted by Gasteiger charge is 2.25. The second-order valence-corrected chi connectivity index (χ2v) is 23.8. The zero-order valence-electron chi connectivity index (χ0n) is 50.3. The third-order valence-corrected chi connectivity index (χ3v) is 15.1. The van der Waals surface area contributed by atoms with Crippen molar-refractivity contribution in [2.45, 2.75) is 354 Å². The summed E-state index contributed by atoms with van der Waals surface area (Å²) in [7, 11) is 5.99. The Kier molecular flexibility index (Phi) is 56.1. The molecule has 0 rings (SSSR count). The predicted octanol–water partition coefficient (Wildman–Crippen LogP) is 19.5. The second kappa shape index (κ2) is 57.5. The topological polar surface area (TPSA) is 108 Å². The Balaban J connectivity index is 4.00. The van der Waals surface area contributed by atoms with E-state index in [1.165, 1.54) is 276 Å². The molecule has 0 saturated heterocycles. The summed E-state index contributed by atoms with van der Waals surface area (Å²) in [5.41, 5.74) is 0. The van der Waals surface area contributed by atoms with Crippen molar-refractivity contribution in [3.8, 4) is 0 Å². The Morgan fingerprint density at radius 3 is 0.865 bits per heavy atom. The van der Waals surface area contributed by atoms with E-state index >= 15 is 0 Å². The van der Waals surface area contributed by atoms with Crippen LogP contribution in [0.2, 0.25) is 0 Å². The van der Waals surface area contributed by atoms with Crippen LogP contribution in [0.5, 0.6) is 0 Å². The van der Waals surface area contributed by atoms with Crippen LogP contribution in [-0.2, 0) is 33.3 Å². The molecule has 2 atom stereocenters. The summed E-state index contributed by atoms with van der Waals surface area (Å²) in [5, 5.41) is 9.71. The lowest BCUT2D eigenvalue weighted by molar-refractivity contribution is -0.870. The first-order valence-electron chi connectivity index (χ1n) is 32.7. The Hall–Kier alpha value is -1.71. The van der Waals surface area contributed by atoms with Crippen LogP contribution in [-0.4, -0.2) is 87.4 Å². The number of carboxylic acid groups (broad SMARTS) is 1. The lowest BCUT2D eigenvalue weighted by Gasteiger charge is -2.25. The van der Waals surface area contributed by atoms with Gasteiger partial charge >= 0.3 is 17.9 Å². The molecule has 0 bridgehead atoms. The number of rotatable bonds is 62. The predicted molar refractivity (Wildman–Crippen MR) is 314 cm³/mol. The van der Waals surface area contributed by atoms with Crippen LogP contribution in [0, 0.1) is 0 Å². The van der Waals surface area contributed by atoms with Crippen LogP contribution in [0.4, 0.5) is 0 Å². The van der Waals surface area contributed by atoms with Gasteiger partial charge in [-0.25, -0.2) is 4.79 Å². The molecule has 0 aromatic rings. The van der Waals surface area contributed by atoms with Gasteiger partial charge < -0.3 is 28.5 Å². The fourth-order valence-electron chi connectivity index (χ4n) is 10.1. The minimum atomic E-state index is -1.50. The zero-order chi connectivity index (χ0) is 54.1. The van der Waals surface area contributed by atoms with E-state index in [9.17, 15) is 19.5 Å². The highest BCUT2D eigenvalue weighted by molar-refractivity contribution is 5.71. The number of aliphatic carboxylic acids is 1. The number of quaternary nitrogens is 1. The van der Waals surface area contributed by atoms with Crippen molar-refractivity contribution >= 4 is 17.9 Å². The van der Waals surface area contributed by atoms with Crippen LogP contribution in [0.25, 0.3) is 0 Å². The molecule has 74 heavy (non-hydrogen) atoms. The van der Waals surface area contributed by atoms with Crippen molar-refractivity contribution in [1.29, 1.82) is 0 Å². The molecule has 9 heteroatoms. The molecule has 0 amide bonds. The van der Waals surface area contributed by atoms with E-state index in [0.717, 1.165) is 38.5 Å². The van der Waals surface area contributed by atoms with Crippen molar-refractivity contribution in [3.05, 3.63) is 0 Å². The maximum atomic E-state index is 12.9. The molecule has 440 valence electrons. The number of unbranched alkanes of at least 4 members (excludes halogenated alkanes) is 47. The van der Waals surface area contributed by atoms with Crippen LogP contribution in [0.3, 0.4) is 0 Å². The summed E-state index contributed by atoms with van der Waals surface area (Å²) in [5.74, 6) is -1.97. The first-order valence-corrected chi connectivity index (χ1v) is 32.7. The molecule has 0 aromatic carbocycles. The van der Waals surface area contributed by atoms with E-state index in [0.29, 0.717) is 17.4 Å². The average Bonchev–Trinajstić information content (AvgIpc) is 3.37. The zero-order valence-corrected chi connectivity index (χ0v) is 50.3. The fraction of sp³-hybridized carbons (Fsp3) is 0.954. The maximum absolute atomic E-state index is 12.9. The smallest absolute Gasteiger partial charge is 0.361 e. The lowest BCUT2D eigenvalue weighted by Crippen LogP contribution is -2.40. The molecule has 0 fully saturated rings. The number of carbonyl (C=O) groups excluding carboxylic acids is 2. The minimum Gasteiger partial charge on any atom is -0.477 e. The van der Waals surface area contributed by atoms with E-state index in [1.54, 1.807) is 0 Å². The number of likely N-dealkylation sites (N-methyl/N-ethyl adjacent to an activating group) is 1. The molecule has 0 spiro atoms. The number of carboxylic acids is 1. The van der Waals surface area contributed by atoms with E-state index in [2.05, 4.69) is 13.8 Å². The summed E-state index contributed by atoms with van der Waals surface area (Å²) in [6.07, 6.45) is 63.6. The summed E-state index contributed by atoms with van der Waals surface area (Å²) in [6, 6.07) is 0. The van der Waals surface area contributed by atoms with E-state index in [1.807, 2.05) is 21.1 Å². The highest BCUT2D eigenvalue weighted by atomic mass is 16.7. The minimum absolute atomic E-state index is 0.172. The largest absolute Gasteiger partial charge is 0.477 e. The number of esters is 2. The van der Waals surface area contributed by atoms with Crippen molar-refractivity contribution in [3.63, 3.8) is 0 Å². The van der Waals surface area contributed by atoms with Crippen LogP contribution in [0.1, 0.15) is 341 Å². The number of hydrogen-bond donors (Lipinski definition) is 1. The van der Waals surface area contributed by atoms with Gasteiger partial charge in [0.05, 0.1) is 34.4 Å². The number of hydrogen-bond acceptors (Lipinski definition) is 7. The molecule has 0 radical (unpaired) electrons. The summed E-state index contributed by atoms with van der Waals surface area (Å²) < 4.78 is 22.9.